The van der Waals surface area contributed by atoms with Crippen LogP contribution in [-0.4, -0.2) is 36.2 Å². The molecule has 2 N–H and O–H groups in total. The number of hydrogen-bond acceptors (Lipinski definition) is 4. The molecule has 0 saturated carbocycles. The molecule has 1 fully saturated rings. The maximum absolute atomic E-state index is 11.8. The molecule has 6 nitrogen and oxygen atoms in total. The van der Waals surface area contributed by atoms with Crippen molar-refractivity contribution in [2.24, 2.45) is 5.41 Å². The van der Waals surface area contributed by atoms with E-state index < -0.39 is 5.41 Å². The van der Waals surface area contributed by atoms with Crippen molar-refractivity contribution in [3.63, 3.8) is 0 Å². The fourth-order valence-electron chi connectivity index (χ4n) is 2.21. The Hall–Kier alpha value is -1.85. The van der Waals surface area contributed by atoms with Gasteiger partial charge in [-0.1, -0.05) is 0 Å². The summed E-state index contributed by atoms with van der Waals surface area (Å²) < 4.78 is 0. The van der Waals surface area contributed by atoms with Crippen molar-refractivity contribution in [3.8, 4) is 0 Å². The number of aromatic nitrogens is 2. The molecule has 0 radical (unpaired) electrons. The second-order valence-corrected chi connectivity index (χ2v) is 4.61. The van der Waals surface area contributed by atoms with E-state index in [1.165, 1.54) is 6.07 Å². The molecule has 1 unspecified atom stereocenters. The highest BCUT2D eigenvalue weighted by Crippen LogP contribution is 2.32. The van der Waals surface area contributed by atoms with Crippen molar-refractivity contribution in [1.82, 2.24) is 15.5 Å². The second kappa shape index (κ2) is 4.20. The predicted octanol–water partition coefficient (Wildman–Crippen LogP) is -0.268. The first-order chi connectivity index (χ1) is 8.05. The van der Waals surface area contributed by atoms with Crippen LogP contribution in [0.5, 0.6) is 0 Å². The molecule has 1 amide bonds. The van der Waals surface area contributed by atoms with Gasteiger partial charge in [0.1, 0.15) is 0 Å². The standard InChI is InChI=1S/C11H16N4O2/c1-11(10(17)12-2)3-4-15(7-11)8-5-9(16)14-13-6-8/h5-6H,3-4,7H2,1-2H3,(H,12,17)(H,14,16). The van der Waals surface area contributed by atoms with Crippen LogP contribution in [0.4, 0.5) is 5.69 Å². The summed E-state index contributed by atoms with van der Waals surface area (Å²) in [7, 11) is 1.64. The summed E-state index contributed by atoms with van der Waals surface area (Å²) in [6.07, 6.45) is 2.39. The zero-order valence-corrected chi connectivity index (χ0v) is 9.99. The summed E-state index contributed by atoms with van der Waals surface area (Å²) in [6.45, 7) is 3.30. The molecule has 1 aliphatic rings. The Morgan fingerprint density at radius 1 is 1.65 bits per heavy atom. The number of nitrogens with one attached hydrogen (secondary N) is 2. The molecule has 1 atom stereocenters. The smallest absolute Gasteiger partial charge is 0.266 e. The van der Waals surface area contributed by atoms with Gasteiger partial charge in [-0.15, -0.1) is 0 Å². The topological polar surface area (TPSA) is 78.1 Å². The van der Waals surface area contributed by atoms with Gasteiger partial charge in [-0.25, -0.2) is 5.10 Å². The lowest BCUT2D eigenvalue weighted by Crippen LogP contribution is -2.39. The number of carbonyl (C=O) groups excluding carboxylic acids is 1. The average Bonchev–Trinajstić information content (AvgIpc) is 2.72. The van der Waals surface area contributed by atoms with E-state index in [1.807, 2.05) is 11.8 Å². The van der Waals surface area contributed by atoms with Crippen molar-refractivity contribution >= 4 is 11.6 Å². The molecule has 1 saturated heterocycles. The van der Waals surface area contributed by atoms with Crippen LogP contribution in [0.15, 0.2) is 17.1 Å². The molecule has 0 aromatic carbocycles. The Labute approximate surface area is 99.0 Å². The van der Waals surface area contributed by atoms with Crippen molar-refractivity contribution in [3.05, 3.63) is 22.6 Å². The molecule has 6 heteroatoms. The van der Waals surface area contributed by atoms with E-state index in [0.29, 0.717) is 6.54 Å². The fourth-order valence-corrected chi connectivity index (χ4v) is 2.21. The van der Waals surface area contributed by atoms with Crippen LogP contribution in [0.2, 0.25) is 0 Å². The Morgan fingerprint density at radius 3 is 3.06 bits per heavy atom. The van der Waals surface area contributed by atoms with E-state index in [9.17, 15) is 9.59 Å². The van der Waals surface area contributed by atoms with Gasteiger partial charge in [-0.3, -0.25) is 9.59 Å². The van der Waals surface area contributed by atoms with Gasteiger partial charge in [0, 0.05) is 26.2 Å². The van der Waals surface area contributed by atoms with E-state index in [2.05, 4.69) is 15.5 Å². The summed E-state index contributed by atoms with van der Waals surface area (Å²) in [5.74, 6) is 0.0396. The monoisotopic (exact) mass is 236 g/mol. The molecular weight excluding hydrogens is 220 g/mol. The van der Waals surface area contributed by atoms with Crippen LogP contribution in [0, 0.1) is 5.41 Å². The first kappa shape index (κ1) is 11.6. The number of nitrogens with zero attached hydrogens (tertiary/aromatic N) is 2. The maximum Gasteiger partial charge on any atom is 0.266 e. The van der Waals surface area contributed by atoms with E-state index in [0.717, 1.165) is 18.7 Å². The number of carbonyl (C=O) groups is 1. The number of rotatable bonds is 2. The van der Waals surface area contributed by atoms with E-state index in [-0.39, 0.29) is 11.5 Å². The van der Waals surface area contributed by atoms with E-state index >= 15 is 0 Å². The van der Waals surface area contributed by atoms with Gasteiger partial charge in [-0.2, -0.15) is 5.10 Å². The molecule has 2 rings (SSSR count). The van der Waals surface area contributed by atoms with Crippen molar-refractivity contribution in [2.75, 3.05) is 25.0 Å². The van der Waals surface area contributed by atoms with Gasteiger partial charge in [0.2, 0.25) is 5.91 Å². The number of H-pyrrole nitrogens is 1. The van der Waals surface area contributed by atoms with Crippen molar-refractivity contribution in [1.29, 1.82) is 0 Å². The highest BCUT2D eigenvalue weighted by molar-refractivity contribution is 5.83. The Balaban J connectivity index is 2.18. The van der Waals surface area contributed by atoms with Crippen LogP contribution < -0.4 is 15.8 Å². The largest absolute Gasteiger partial charge is 0.369 e. The molecule has 0 bridgehead atoms. The number of aromatic amines is 1. The maximum atomic E-state index is 11.8. The molecule has 92 valence electrons. The minimum Gasteiger partial charge on any atom is -0.369 e. The quantitative estimate of drug-likeness (QED) is 0.741. The molecule has 2 heterocycles. The zero-order chi connectivity index (χ0) is 12.5. The highest BCUT2D eigenvalue weighted by atomic mass is 16.2. The molecule has 0 aliphatic carbocycles. The van der Waals surface area contributed by atoms with E-state index in [1.54, 1.807) is 13.2 Å². The molecule has 0 spiro atoms. The van der Waals surface area contributed by atoms with Gasteiger partial charge in [0.05, 0.1) is 17.3 Å². The Morgan fingerprint density at radius 2 is 2.41 bits per heavy atom. The van der Waals surface area contributed by atoms with Crippen LogP contribution in [0.3, 0.4) is 0 Å². The third-order valence-electron chi connectivity index (χ3n) is 3.26. The minimum absolute atomic E-state index is 0.0396. The van der Waals surface area contributed by atoms with Gasteiger partial charge >= 0.3 is 0 Å². The lowest BCUT2D eigenvalue weighted by atomic mass is 9.89. The van der Waals surface area contributed by atoms with Crippen molar-refractivity contribution in [2.45, 2.75) is 13.3 Å². The van der Waals surface area contributed by atoms with Gasteiger partial charge in [0.25, 0.3) is 5.56 Å². The lowest BCUT2D eigenvalue weighted by Gasteiger charge is -2.23. The van der Waals surface area contributed by atoms with Gasteiger partial charge < -0.3 is 10.2 Å². The summed E-state index contributed by atoms with van der Waals surface area (Å²) in [5.41, 5.74) is 0.148. The van der Waals surface area contributed by atoms with Gasteiger partial charge in [0.15, 0.2) is 0 Å². The van der Waals surface area contributed by atoms with E-state index in [4.69, 9.17) is 0 Å². The van der Waals surface area contributed by atoms with Crippen LogP contribution >= 0.6 is 0 Å². The first-order valence-electron chi connectivity index (χ1n) is 5.57. The normalized spacial score (nSPS) is 23.8. The van der Waals surface area contributed by atoms with Crippen molar-refractivity contribution < 1.29 is 4.79 Å². The summed E-state index contributed by atoms with van der Waals surface area (Å²) in [5, 5.41) is 8.78. The fraction of sp³-hybridized carbons (Fsp3) is 0.545. The van der Waals surface area contributed by atoms with Crippen LogP contribution in [0.1, 0.15) is 13.3 Å². The van der Waals surface area contributed by atoms with Crippen LogP contribution in [-0.2, 0) is 4.79 Å². The summed E-state index contributed by atoms with van der Waals surface area (Å²) in [4.78, 5) is 24.9. The number of anilines is 1. The second-order valence-electron chi connectivity index (χ2n) is 4.61. The molecular formula is C11H16N4O2. The zero-order valence-electron chi connectivity index (χ0n) is 9.99. The highest BCUT2D eigenvalue weighted by Gasteiger charge is 2.39. The first-order valence-corrected chi connectivity index (χ1v) is 5.57. The summed E-state index contributed by atoms with van der Waals surface area (Å²) in [6, 6.07) is 1.50. The number of amides is 1. The average molecular weight is 236 g/mol. The number of hydrogen-bond donors (Lipinski definition) is 2. The molecule has 1 aliphatic heterocycles. The SMILES string of the molecule is CNC(=O)C1(C)CCN(c2cn[nH]c(=O)c2)C1. The Bertz CT molecular complexity index is 484. The molecule has 1 aromatic heterocycles. The van der Waals surface area contributed by atoms with Gasteiger partial charge in [-0.05, 0) is 13.3 Å². The molecule has 17 heavy (non-hydrogen) atoms. The lowest BCUT2D eigenvalue weighted by molar-refractivity contribution is -0.128. The molecule has 1 aromatic rings. The summed E-state index contributed by atoms with van der Waals surface area (Å²) >= 11 is 0. The van der Waals surface area contributed by atoms with Crippen LogP contribution in [0.25, 0.3) is 0 Å². The minimum atomic E-state index is -0.392. The third-order valence-corrected chi connectivity index (χ3v) is 3.26. The predicted molar refractivity (Wildman–Crippen MR) is 63.9 cm³/mol. The Kier molecular flexibility index (Phi) is 2.87. The third kappa shape index (κ3) is 2.15.